The predicted octanol–water partition coefficient (Wildman–Crippen LogP) is 0.00510. The first kappa shape index (κ1) is 13.8. The molecule has 1 fully saturated rings. The van der Waals surface area contributed by atoms with E-state index < -0.39 is 24.3 Å². The zero-order valence-electron chi connectivity index (χ0n) is 9.62. The van der Waals surface area contributed by atoms with Crippen LogP contribution in [0.15, 0.2) is 0 Å². The minimum Gasteiger partial charge on any atom is -0.377 e. The maximum Gasteiger partial charge on any atom is 0.315 e. The number of hydrogen-bond donors (Lipinski definition) is 1. The Morgan fingerprint density at radius 1 is 1.53 bits per heavy atom. The van der Waals surface area contributed by atoms with E-state index in [1.165, 1.54) is 0 Å². The Morgan fingerprint density at radius 2 is 2.24 bits per heavy atom. The number of carbonyl (C=O) groups excluding carboxylic acids is 2. The van der Waals surface area contributed by atoms with Crippen LogP contribution in [0.25, 0.3) is 0 Å². The van der Waals surface area contributed by atoms with E-state index >= 15 is 0 Å². The van der Waals surface area contributed by atoms with Crippen molar-refractivity contribution in [3.63, 3.8) is 0 Å². The smallest absolute Gasteiger partial charge is 0.315 e. The van der Waals surface area contributed by atoms with Gasteiger partial charge in [-0.05, 0) is 6.42 Å². The molecule has 98 valence electrons. The molecule has 0 aromatic carbocycles. The van der Waals surface area contributed by atoms with Crippen molar-refractivity contribution in [3.8, 4) is 0 Å². The van der Waals surface area contributed by atoms with Crippen LogP contribution in [0, 0.1) is 0 Å². The number of nitrogens with one attached hydrogen (secondary N) is 1. The molecule has 0 aromatic heterocycles. The molecule has 1 N–H and O–H groups in total. The second-order valence-corrected chi connectivity index (χ2v) is 3.71. The summed E-state index contributed by atoms with van der Waals surface area (Å²) in [6.07, 6.45) is -2.35. The highest BCUT2D eigenvalue weighted by Crippen LogP contribution is 2.11. The molecule has 5 nitrogen and oxygen atoms in total. The first-order valence-corrected chi connectivity index (χ1v) is 5.52. The Labute approximate surface area is 98.1 Å². The summed E-state index contributed by atoms with van der Waals surface area (Å²) in [6, 6.07) is -0.947. The first-order valence-electron chi connectivity index (χ1n) is 5.52. The number of rotatable bonds is 4. The maximum atomic E-state index is 12.3. The molecular weight excluding hydrogens is 234 g/mol. The van der Waals surface area contributed by atoms with Crippen LogP contribution in [-0.4, -0.2) is 55.5 Å². The number of alkyl halides is 2. The molecule has 7 heteroatoms. The molecule has 1 unspecified atom stereocenters. The fourth-order valence-corrected chi connectivity index (χ4v) is 1.58. The van der Waals surface area contributed by atoms with E-state index in [2.05, 4.69) is 5.32 Å². The maximum absolute atomic E-state index is 12.3. The lowest BCUT2D eigenvalue weighted by atomic mass is 10.2. The summed E-state index contributed by atoms with van der Waals surface area (Å²) in [4.78, 5) is 23.8. The van der Waals surface area contributed by atoms with E-state index in [1.807, 2.05) is 6.92 Å². The summed E-state index contributed by atoms with van der Waals surface area (Å²) in [6.45, 7) is 2.49. The van der Waals surface area contributed by atoms with Gasteiger partial charge in [-0.3, -0.25) is 9.59 Å². The van der Waals surface area contributed by atoms with Gasteiger partial charge < -0.3 is 15.0 Å². The number of hydrogen-bond acceptors (Lipinski definition) is 3. The second-order valence-electron chi connectivity index (χ2n) is 3.71. The molecule has 1 rings (SSSR count). The molecule has 2 amide bonds. The molecule has 1 aliphatic heterocycles. The van der Waals surface area contributed by atoms with Gasteiger partial charge in [0.2, 0.25) is 5.91 Å². The van der Waals surface area contributed by atoms with Gasteiger partial charge in [0.1, 0.15) is 6.04 Å². The van der Waals surface area contributed by atoms with Crippen molar-refractivity contribution in [2.45, 2.75) is 25.8 Å². The van der Waals surface area contributed by atoms with Gasteiger partial charge in [0, 0.05) is 13.1 Å². The summed E-state index contributed by atoms with van der Waals surface area (Å²) in [5.41, 5.74) is 0. The molecule has 17 heavy (non-hydrogen) atoms. The lowest BCUT2D eigenvalue weighted by molar-refractivity contribution is -0.156. The van der Waals surface area contributed by atoms with Gasteiger partial charge in [-0.2, -0.15) is 8.78 Å². The molecule has 0 aromatic rings. The van der Waals surface area contributed by atoms with Crippen molar-refractivity contribution in [1.29, 1.82) is 0 Å². The minimum atomic E-state index is -3.09. The lowest BCUT2D eigenvalue weighted by Crippen LogP contribution is -2.57. The number of ether oxygens (including phenoxy) is 1. The molecule has 0 aliphatic carbocycles. The van der Waals surface area contributed by atoms with Gasteiger partial charge in [-0.25, -0.2) is 0 Å². The molecule has 0 radical (unpaired) electrons. The summed E-state index contributed by atoms with van der Waals surface area (Å²) in [5, 5.41) is 2.57. The summed E-state index contributed by atoms with van der Waals surface area (Å²) in [5.74, 6) is -1.76. The Bertz CT molecular complexity index is 287. The van der Waals surface area contributed by atoms with Crippen molar-refractivity contribution < 1.29 is 23.1 Å². The van der Waals surface area contributed by atoms with Crippen LogP contribution >= 0.6 is 0 Å². The highest BCUT2D eigenvalue weighted by atomic mass is 19.3. The Kier molecular flexibility index (Phi) is 5.27. The fraction of sp³-hybridized carbons (Fsp3) is 0.800. The Morgan fingerprint density at radius 3 is 2.82 bits per heavy atom. The van der Waals surface area contributed by atoms with Crippen molar-refractivity contribution in [1.82, 2.24) is 10.2 Å². The van der Waals surface area contributed by atoms with Crippen molar-refractivity contribution in [2.75, 3.05) is 26.3 Å². The van der Waals surface area contributed by atoms with Crippen molar-refractivity contribution in [3.05, 3.63) is 0 Å². The van der Waals surface area contributed by atoms with E-state index in [0.29, 0.717) is 6.54 Å². The number of carbonyl (C=O) groups is 2. The van der Waals surface area contributed by atoms with Crippen molar-refractivity contribution >= 4 is 11.8 Å². The van der Waals surface area contributed by atoms with Crippen LogP contribution in [0.1, 0.15) is 13.3 Å². The minimum absolute atomic E-state index is 0.0212. The Balaban J connectivity index is 2.65. The standard InChI is InChI=1S/C10H16F2N2O3/c1-2-3-13-9(15)7-6-17-5-4-14(7)10(16)8(11)12/h7-8H,2-6H2,1H3,(H,13,15). The third-order valence-electron chi connectivity index (χ3n) is 2.45. The van der Waals surface area contributed by atoms with Gasteiger partial charge >= 0.3 is 6.43 Å². The molecule has 1 atom stereocenters. The van der Waals surface area contributed by atoms with Crippen LogP contribution in [-0.2, 0) is 14.3 Å². The quantitative estimate of drug-likeness (QED) is 0.764. The van der Waals surface area contributed by atoms with Crippen LogP contribution < -0.4 is 5.32 Å². The second kappa shape index (κ2) is 6.48. The summed E-state index contributed by atoms with van der Waals surface area (Å²) in [7, 11) is 0. The van der Waals surface area contributed by atoms with E-state index in [4.69, 9.17) is 4.74 Å². The summed E-state index contributed by atoms with van der Waals surface area (Å²) >= 11 is 0. The third kappa shape index (κ3) is 3.62. The number of morpholine rings is 1. The summed E-state index contributed by atoms with van der Waals surface area (Å²) < 4.78 is 29.7. The third-order valence-corrected chi connectivity index (χ3v) is 2.45. The largest absolute Gasteiger partial charge is 0.377 e. The van der Waals surface area contributed by atoms with E-state index in [-0.39, 0.29) is 19.8 Å². The first-order chi connectivity index (χ1) is 8.07. The van der Waals surface area contributed by atoms with Crippen LogP contribution in [0.4, 0.5) is 8.78 Å². The normalized spacial score (nSPS) is 20.5. The van der Waals surface area contributed by atoms with Gasteiger partial charge in [-0.1, -0.05) is 6.92 Å². The number of halogens is 2. The molecule has 1 heterocycles. The van der Waals surface area contributed by atoms with E-state index in [0.717, 1.165) is 11.3 Å². The molecule has 0 saturated carbocycles. The van der Waals surface area contributed by atoms with E-state index in [1.54, 1.807) is 0 Å². The Hall–Kier alpha value is -1.24. The number of nitrogens with zero attached hydrogens (tertiary/aromatic N) is 1. The molecule has 0 spiro atoms. The SMILES string of the molecule is CCCNC(=O)C1COCCN1C(=O)C(F)F. The zero-order chi connectivity index (χ0) is 12.8. The van der Waals surface area contributed by atoms with Gasteiger partial charge in [-0.15, -0.1) is 0 Å². The van der Waals surface area contributed by atoms with Crippen LogP contribution in [0.5, 0.6) is 0 Å². The fourth-order valence-electron chi connectivity index (χ4n) is 1.58. The van der Waals surface area contributed by atoms with Gasteiger partial charge in [0.05, 0.1) is 13.2 Å². The zero-order valence-corrected chi connectivity index (χ0v) is 9.62. The monoisotopic (exact) mass is 250 g/mol. The topological polar surface area (TPSA) is 58.6 Å². The highest BCUT2D eigenvalue weighted by Gasteiger charge is 2.36. The average Bonchev–Trinajstić information content (AvgIpc) is 2.34. The van der Waals surface area contributed by atoms with E-state index in [9.17, 15) is 18.4 Å². The lowest BCUT2D eigenvalue weighted by Gasteiger charge is -2.34. The van der Waals surface area contributed by atoms with Crippen LogP contribution in [0.3, 0.4) is 0 Å². The predicted molar refractivity (Wildman–Crippen MR) is 55.6 cm³/mol. The molecular formula is C10H16F2N2O3. The number of amides is 2. The van der Waals surface area contributed by atoms with Gasteiger partial charge in [0.25, 0.3) is 5.91 Å². The van der Waals surface area contributed by atoms with Gasteiger partial charge in [0.15, 0.2) is 0 Å². The molecule has 0 bridgehead atoms. The molecule has 1 saturated heterocycles. The van der Waals surface area contributed by atoms with Crippen LogP contribution in [0.2, 0.25) is 0 Å². The highest BCUT2D eigenvalue weighted by molar-refractivity contribution is 5.89. The average molecular weight is 250 g/mol. The molecule has 1 aliphatic rings. The van der Waals surface area contributed by atoms with Crippen molar-refractivity contribution in [2.24, 2.45) is 0 Å².